The van der Waals surface area contributed by atoms with Crippen molar-refractivity contribution in [3.05, 3.63) is 65.4 Å². The predicted octanol–water partition coefficient (Wildman–Crippen LogP) is 4.22. The number of fused-ring (bicyclic) bond motifs is 1. The van der Waals surface area contributed by atoms with Crippen molar-refractivity contribution in [2.45, 2.75) is 6.42 Å². The van der Waals surface area contributed by atoms with Crippen molar-refractivity contribution in [3.8, 4) is 11.3 Å². The predicted molar refractivity (Wildman–Crippen MR) is 95.7 cm³/mol. The summed E-state index contributed by atoms with van der Waals surface area (Å²) in [5, 5.41) is 5.00. The van der Waals surface area contributed by atoms with Gasteiger partial charge in [0, 0.05) is 34.9 Å². The Kier molecular flexibility index (Phi) is 4.18. The van der Waals surface area contributed by atoms with Crippen molar-refractivity contribution in [2.24, 2.45) is 0 Å². The second-order valence-electron chi connectivity index (χ2n) is 5.51. The molecule has 0 saturated carbocycles. The van der Waals surface area contributed by atoms with Gasteiger partial charge in [0.15, 0.2) is 10.8 Å². The smallest absolute Gasteiger partial charge is 0.196 e. The van der Waals surface area contributed by atoms with Crippen LogP contribution in [0.5, 0.6) is 0 Å². The second-order valence-corrected chi connectivity index (χ2v) is 6.35. The van der Waals surface area contributed by atoms with Crippen LogP contribution in [0.2, 0.25) is 0 Å². The number of nitrogens with zero attached hydrogens (tertiary/aromatic N) is 3. The van der Waals surface area contributed by atoms with E-state index in [-0.39, 0.29) is 17.8 Å². The van der Waals surface area contributed by atoms with Crippen molar-refractivity contribution in [2.75, 3.05) is 5.32 Å². The van der Waals surface area contributed by atoms with E-state index >= 15 is 0 Å². The van der Waals surface area contributed by atoms with Gasteiger partial charge in [-0.1, -0.05) is 0 Å². The van der Waals surface area contributed by atoms with Crippen LogP contribution in [0.3, 0.4) is 0 Å². The summed E-state index contributed by atoms with van der Waals surface area (Å²) >= 11 is 1.36. The topological polar surface area (TPSA) is 59.3 Å². The third-order valence-corrected chi connectivity index (χ3v) is 4.74. The number of aldehydes is 1. The molecule has 0 radical (unpaired) electrons. The summed E-state index contributed by atoms with van der Waals surface area (Å²) in [6.07, 6.45) is 3.61. The van der Waals surface area contributed by atoms with Crippen LogP contribution in [-0.4, -0.2) is 20.7 Å². The van der Waals surface area contributed by atoms with Gasteiger partial charge in [-0.3, -0.25) is 9.38 Å². The maximum Gasteiger partial charge on any atom is 0.196 e. The zero-order valence-corrected chi connectivity index (χ0v) is 14.1. The maximum absolute atomic E-state index is 14.3. The van der Waals surface area contributed by atoms with Crippen molar-refractivity contribution >= 4 is 34.1 Å². The van der Waals surface area contributed by atoms with Crippen LogP contribution in [0.4, 0.5) is 20.3 Å². The number of benzene rings is 1. The van der Waals surface area contributed by atoms with E-state index in [9.17, 15) is 13.6 Å². The van der Waals surface area contributed by atoms with Crippen LogP contribution in [0.1, 0.15) is 5.69 Å². The van der Waals surface area contributed by atoms with Gasteiger partial charge in [0.1, 0.15) is 23.6 Å². The Bertz CT molecular complexity index is 1090. The minimum atomic E-state index is -0.502. The standard InChI is InChI=1S/C18H12F2N4OS/c19-11-1-3-12(4-2-11)22-17-16(14-5-7-21-9-15(14)20)23-18-24(17)13(6-8-25)10-26-18/h1-5,7-10,22H,6H2. The summed E-state index contributed by atoms with van der Waals surface area (Å²) in [4.78, 5) is 19.9. The lowest BCUT2D eigenvalue weighted by Crippen LogP contribution is -2.01. The Hall–Kier alpha value is -3.13. The first kappa shape index (κ1) is 16.3. The van der Waals surface area contributed by atoms with E-state index in [4.69, 9.17) is 0 Å². The van der Waals surface area contributed by atoms with Crippen LogP contribution in [0, 0.1) is 11.6 Å². The molecular formula is C18H12F2N4OS. The third-order valence-electron chi connectivity index (χ3n) is 3.86. The van der Waals surface area contributed by atoms with Gasteiger partial charge in [0.2, 0.25) is 0 Å². The molecule has 5 nitrogen and oxygen atoms in total. The molecule has 8 heteroatoms. The number of pyridine rings is 1. The number of carbonyl (C=O) groups is 1. The number of carbonyl (C=O) groups excluding carboxylic acids is 1. The fraction of sp³-hybridized carbons (Fsp3) is 0.0556. The highest BCUT2D eigenvalue weighted by Crippen LogP contribution is 2.35. The third kappa shape index (κ3) is 2.84. The van der Waals surface area contributed by atoms with Gasteiger partial charge in [-0.2, -0.15) is 0 Å². The quantitative estimate of drug-likeness (QED) is 0.535. The SMILES string of the molecule is O=CCc1csc2nc(-c3ccncc3F)c(Nc3ccc(F)cc3)n12. The van der Waals surface area contributed by atoms with Gasteiger partial charge in [-0.15, -0.1) is 11.3 Å². The van der Waals surface area contributed by atoms with Gasteiger partial charge in [0.25, 0.3) is 0 Å². The van der Waals surface area contributed by atoms with E-state index < -0.39 is 5.82 Å². The largest absolute Gasteiger partial charge is 0.339 e. The maximum atomic E-state index is 14.3. The number of anilines is 2. The molecule has 0 aliphatic carbocycles. The Morgan fingerprint density at radius 1 is 1.19 bits per heavy atom. The fourth-order valence-electron chi connectivity index (χ4n) is 2.68. The first-order chi connectivity index (χ1) is 12.7. The molecule has 0 aliphatic heterocycles. The highest BCUT2D eigenvalue weighted by molar-refractivity contribution is 7.15. The summed E-state index contributed by atoms with van der Waals surface area (Å²) in [5.41, 5.74) is 2.04. The molecule has 26 heavy (non-hydrogen) atoms. The average Bonchev–Trinajstić information content (AvgIpc) is 3.19. The lowest BCUT2D eigenvalue weighted by molar-refractivity contribution is -0.107. The summed E-state index contributed by atoms with van der Waals surface area (Å²) in [6, 6.07) is 7.35. The Labute approximate surface area is 151 Å². The van der Waals surface area contributed by atoms with Gasteiger partial charge in [-0.05, 0) is 30.3 Å². The summed E-state index contributed by atoms with van der Waals surface area (Å²) in [5.74, 6) is -0.348. The molecule has 0 atom stereocenters. The van der Waals surface area contributed by atoms with Gasteiger partial charge in [-0.25, -0.2) is 13.8 Å². The molecule has 3 aromatic heterocycles. The molecule has 1 N–H and O–H groups in total. The monoisotopic (exact) mass is 370 g/mol. The molecule has 4 rings (SSSR count). The number of aromatic nitrogens is 3. The number of thiazole rings is 1. The minimum absolute atomic E-state index is 0.201. The van der Waals surface area contributed by atoms with E-state index in [1.165, 1.54) is 35.7 Å². The van der Waals surface area contributed by atoms with Crippen molar-refractivity contribution < 1.29 is 13.6 Å². The summed E-state index contributed by atoms with van der Waals surface area (Å²) < 4.78 is 29.3. The first-order valence-electron chi connectivity index (χ1n) is 7.72. The molecule has 0 bridgehead atoms. The number of rotatable bonds is 5. The van der Waals surface area contributed by atoms with E-state index in [1.807, 2.05) is 5.38 Å². The average molecular weight is 370 g/mol. The van der Waals surface area contributed by atoms with Crippen molar-refractivity contribution in [1.29, 1.82) is 0 Å². The molecule has 130 valence electrons. The molecule has 3 heterocycles. The highest BCUT2D eigenvalue weighted by Gasteiger charge is 2.20. The van der Waals surface area contributed by atoms with Gasteiger partial charge < -0.3 is 10.1 Å². The highest BCUT2D eigenvalue weighted by atomic mass is 32.1. The number of hydrogen-bond donors (Lipinski definition) is 1. The Morgan fingerprint density at radius 3 is 2.73 bits per heavy atom. The van der Waals surface area contributed by atoms with E-state index in [0.717, 1.165) is 18.2 Å². The zero-order valence-electron chi connectivity index (χ0n) is 13.3. The molecular weight excluding hydrogens is 358 g/mol. The Morgan fingerprint density at radius 2 is 2.00 bits per heavy atom. The fourth-order valence-corrected chi connectivity index (χ4v) is 3.58. The number of nitrogens with one attached hydrogen (secondary N) is 1. The van der Waals surface area contributed by atoms with Crippen molar-refractivity contribution in [1.82, 2.24) is 14.4 Å². The lowest BCUT2D eigenvalue weighted by Gasteiger charge is -2.10. The van der Waals surface area contributed by atoms with Crippen LogP contribution in [0.15, 0.2) is 48.1 Å². The van der Waals surface area contributed by atoms with Gasteiger partial charge >= 0.3 is 0 Å². The van der Waals surface area contributed by atoms with Crippen LogP contribution >= 0.6 is 11.3 Å². The van der Waals surface area contributed by atoms with Crippen LogP contribution in [0.25, 0.3) is 16.2 Å². The van der Waals surface area contributed by atoms with Crippen molar-refractivity contribution in [3.63, 3.8) is 0 Å². The summed E-state index contributed by atoms with van der Waals surface area (Å²) in [6.45, 7) is 0. The first-order valence-corrected chi connectivity index (χ1v) is 8.60. The summed E-state index contributed by atoms with van der Waals surface area (Å²) in [7, 11) is 0. The molecule has 0 saturated heterocycles. The molecule has 0 aliphatic rings. The van der Waals surface area contributed by atoms with E-state index in [0.29, 0.717) is 22.2 Å². The minimum Gasteiger partial charge on any atom is -0.339 e. The molecule has 4 aromatic rings. The molecule has 0 unspecified atom stereocenters. The molecule has 0 fully saturated rings. The van der Waals surface area contributed by atoms with Crippen LogP contribution in [-0.2, 0) is 11.2 Å². The molecule has 0 spiro atoms. The lowest BCUT2D eigenvalue weighted by atomic mass is 10.2. The molecule has 1 aromatic carbocycles. The normalized spacial score (nSPS) is 11.0. The van der Waals surface area contributed by atoms with Crippen LogP contribution < -0.4 is 5.32 Å². The number of halogens is 2. The van der Waals surface area contributed by atoms with E-state index in [1.54, 1.807) is 16.5 Å². The van der Waals surface area contributed by atoms with Gasteiger partial charge in [0.05, 0.1) is 6.20 Å². The second kappa shape index (κ2) is 6.64. The molecule has 0 amide bonds. The van der Waals surface area contributed by atoms with E-state index in [2.05, 4.69) is 15.3 Å². The zero-order chi connectivity index (χ0) is 18.1. The Balaban J connectivity index is 1.92. The number of hydrogen-bond acceptors (Lipinski definition) is 5. The number of imidazole rings is 1.